The summed E-state index contributed by atoms with van der Waals surface area (Å²) in [6, 6.07) is 5.99. The molecule has 3 aromatic heterocycles. The Morgan fingerprint density at radius 1 is 1.12 bits per heavy atom. The van der Waals surface area contributed by atoms with Crippen LogP contribution in [0.2, 0.25) is 0 Å². The smallest absolute Gasteiger partial charge is 0.150 e. The van der Waals surface area contributed by atoms with Crippen LogP contribution < -0.4 is 4.90 Å². The number of nitrogens with zero attached hydrogens (tertiary/aromatic N) is 4. The lowest BCUT2D eigenvalue weighted by molar-refractivity contribution is 0.00753. The first kappa shape index (κ1) is 15.5. The number of aryl methyl sites for hydroxylation is 2. The third kappa shape index (κ3) is 2.65. The summed E-state index contributed by atoms with van der Waals surface area (Å²) < 4.78 is 1.12. The first-order chi connectivity index (χ1) is 11.5. The average Bonchev–Trinajstić information content (AvgIpc) is 3.03. The Kier molecular flexibility index (Phi) is 3.73. The number of aromatic nitrogens is 3. The number of aliphatic hydroxyl groups is 1. The van der Waals surface area contributed by atoms with Crippen LogP contribution in [0.4, 0.5) is 5.82 Å². The molecule has 0 saturated carbocycles. The van der Waals surface area contributed by atoms with Crippen molar-refractivity contribution in [3.8, 4) is 0 Å². The number of pyridine rings is 1. The lowest BCUT2D eigenvalue weighted by Crippen LogP contribution is -2.43. The molecule has 0 atom stereocenters. The number of rotatable bonds is 2. The summed E-state index contributed by atoms with van der Waals surface area (Å²) in [7, 11) is 0. The maximum Gasteiger partial charge on any atom is 0.150 e. The van der Waals surface area contributed by atoms with Crippen molar-refractivity contribution in [1.82, 2.24) is 15.0 Å². The van der Waals surface area contributed by atoms with Crippen LogP contribution in [0.1, 0.15) is 29.9 Å². The Hall–Kier alpha value is -2.05. The molecule has 1 aliphatic rings. The minimum Gasteiger partial charge on any atom is -0.383 e. The van der Waals surface area contributed by atoms with Crippen molar-refractivity contribution in [2.24, 2.45) is 0 Å². The Balaban J connectivity index is 1.59. The minimum atomic E-state index is -0.846. The molecular formula is C18H20N4OS. The van der Waals surface area contributed by atoms with Gasteiger partial charge in [-0.2, -0.15) is 0 Å². The van der Waals surface area contributed by atoms with Crippen LogP contribution in [0.15, 0.2) is 29.8 Å². The molecule has 0 bridgehead atoms. The zero-order valence-corrected chi connectivity index (χ0v) is 14.7. The molecule has 1 N–H and O–H groups in total. The lowest BCUT2D eigenvalue weighted by Gasteiger charge is -2.38. The second-order valence-electron chi connectivity index (χ2n) is 6.47. The molecule has 0 aliphatic carbocycles. The Morgan fingerprint density at radius 3 is 2.62 bits per heavy atom. The summed E-state index contributed by atoms with van der Waals surface area (Å²) in [5.74, 6) is 1.78. The molecule has 124 valence electrons. The van der Waals surface area contributed by atoms with E-state index in [0.717, 1.165) is 46.2 Å². The van der Waals surface area contributed by atoms with Gasteiger partial charge in [-0.1, -0.05) is 6.07 Å². The van der Waals surface area contributed by atoms with Crippen molar-refractivity contribution < 1.29 is 5.11 Å². The van der Waals surface area contributed by atoms with E-state index in [0.29, 0.717) is 12.8 Å². The predicted molar refractivity (Wildman–Crippen MR) is 96.5 cm³/mol. The van der Waals surface area contributed by atoms with E-state index in [9.17, 15) is 5.11 Å². The van der Waals surface area contributed by atoms with Gasteiger partial charge < -0.3 is 10.0 Å². The van der Waals surface area contributed by atoms with E-state index in [-0.39, 0.29) is 0 Å². The molecule has 0 radical (unpaired) electrons. The lowest BCUT2D eigenvalue weighted by atomic mass is 9.87. The van der Waals surface area contributed by atoms with Gasteiger partial charge in [-0.05, 0) is 49.8 Å². The highest BCUT2D eigenvalue weighted by Crippen LogP contribution is 2.36. The summed E-state index contributed by atoms with van der Waals surface area (Å²) in [6.45, 7) is 5.45. The summed E-state index contributed by atoms with van der Waals surface area (Å²) in [5, 5.41) is 13.1. The van der Waals surface area contributed by atoms with Crippen molar-refractivity contribution in [2.45, 2.75) is 32.3 Å². The molecule has 4 heterocycles. The monoisotopic (exact) mass is 340 g/mol. The highest BCUT2D eigenvalue weighted by atomic mass is 32.1. The van der Waals surface area contributed by atoms with E-state index in [4.69, 9.17) is 0 Å². The normalized spacial score (nSPS) is 17.4. The van der Waals surface area contributed by atoms with Gasteiger partial charge in [0.15, 0.2) is 0 Å². The molecule has 0 unspecified atom stereocenters. The Morgan fingerprint density at radius 2 is 1.92 bits per heavy atom. The first-order valence-corrected chi connectivity index (χ1v) is 9.05. The second-order valence-corrected chi connectivity index (χ2v) is 7.38. The quantitative estimate of drug-likeness (QED) is 0.776. The van der Waals surface area contributed by atoms with Gasteiger partial charge in [0.25, 0.3) is 0 Å². The molecule has 1 aliphatic heterocycles. The highest BCUT2D eigenvalue weighted by molar-refractivity contribution is 7.17. The van der Waals surface area contributed by atoms with Crippen LogP contribution in [-0.4, -0.2) is 33.1 Å². The molecule has 0 amide bonds. The average molecular weight is 340 g/mol. The van der Waals surface area contributed by atoms with Crippen LogP contribution in [0, 0.1) is 13.8 Å². The predicted octanol–water partition coefficient (Wildman–Crippen LogP) is 3.19. The largest absolute Gasteiger partial charge is 0.383 e. The van der Waals surface area contributed by atoms with Crippen molar-refractivity contribution in [3.05, 3.63) is 46.9 Å². The van der Waals surface area contributed by atoms with E-state index in [2.05, 4.69) is 25.2 Å². The van der Waals surface area contributed by atoms with Gasteiger partial charge in [-0.15, -0.1) is 11.3 Å². The maximum atomic E-state index is 11.0. The molecular weight excluding hydrogens is 320 g/mol. The van der Waals surface area contributed by atoms with Gasteiger partial charge in [-0.25, -0.2) is 9.97 Å². The Bertz CT molecular complexity index is 866. The number of fused-ring (bicyclic) bond motifs is 1. The number of hydrogen-bond donors (Lipinski definition) is 1. The summed E-state index contributed by atoms with van der Waals surface area (Å²) in [6.07, 6.45) is 3.13. The summed E-state index contributed by atoms with van der Waals surface area (Å²) in [4.78, 5) is 15.8. The summed E-state index contributed by atoms with van der Waals surface area (Å²) >= 11 is 1.67. The third-order valence-electron chi connectivity index (χ3n) is 4.68. The fraction of sp³-hybridized carbons (Fsp3) is 0.389. The number of hydrogen-bond acceptors (Lipinski definition) is 6. The number of thiophene rings is 1. The van der Waals surface area contributed by atoms with Crippen LogP contribution in [0.3, 0.4) is 0 Å². The molecule has 4 rings (SSSR count). The van der Waals surface area contributed by atoms with E-state index in [1.807, 2.05) is 38.2 Å². The van der Waals surface area contributed by atoms with Gasteiger partial charge in [0.1, 0.15) is 17.2 Å². The fourth-order valence-corrected chi connectivity index (χ4v) is 4.11. The fourth-order valence-electron chi connectivity index (χ4n) is 3.26. The van der Waals surface area contributed by atoms with E-state index in [1.54, 1.807) is 11.3 Å². The van der Waals surface area contributed by atoms with Gasteiger partial charge >= 0.3 is 0 Å². The van der Waals surface area contributed by atoms with Crippen molar-refractivity contribution >= 4 is 27.4 Å². The van der Waals surface area contributed by atoms with E-state index >= 15 is 0 Å². The molecule has 0 aromatic carbocycles. The minimum absolute atomic E-state index is 0.652. The molecule has 3 aromatic rings. The number of piperidine rings is 1. The summed E-state index contributed by atoms with van der Waals surface area (Å²) in [5.41, 5.74) is 2.04. The SMILES string of the molecule is Cc1ccc(C2(O)CCN(c3nc(C)nc4ccsc34)CC2)nc1. The highest BCUT2D eigenvalue weighted by Gasteiger charge is 2.36. The molecule has 1 fully saturated rings. The van der Waals surface area contributed by atoms with E-state index in [1.165, 1.54) is 0 Å². The van der Waals surface area contributed by atoms with E-state index < -0.39 is 5.60 Å². The van der Waals surface area contributed by atoms with Crippen LogP contribution in [0.5, 0.6) is 0 Å². The number of anilines is 1. The van der Waals surface area contributed by atoms with Crippen molar-refractivity contribution in [1.29, 1.82) is 0 Å². The van der Waals surface area contributed by atoms with Gasteiger partial charge in [0.05, 0.1) is 15.9 Å². The first-order valence-electron chi connectivity index (χ1n) is 8.17. The third-order valence-corrected chi connectivity index (χ3v) is 5.58. The van der Waals surface area contributed by atoms with Gasteiger partial charge in [-0.3, -0.25) is 4.98 Å². The zero-order valence-electron chi connectivity index (χ0n) is 13.9. The molecule has 5 nitrogen and oxygen atoms in total. The van der Waals surface area contributed by atoms with Crippen molar-refractivity contribution in [2.75, 3.05) is 18.0 Å². The van der Waals surface area contributed by atoms with Crippen molar-refractivity contribution in [3.63, 3.8) is 0 Å². The topological polar surface area (TPSA) is 62.1 Å². The standard InChI is InChI=1S/C18H20N4OS/c1-12-3-4-15(19-11-12)18(23)6-8-22(9-7-18)17-16-14(5-10-24-16)20-13(2)21-17/h3-5,10-11,23H,6-9H2,1-2H3. The molecule has 0 spiro atoms. The molecule has 6 heteroatoms. The molecule has 24 heavy (non-hydrogen) atoms. The van der Waals surface area contributed by atoms with Gasteiger partial charge in [0, 0.05) is 19.3 Å². The van der Waals surface area contributed by atoms with Crippen LogP contribution >= 0.6 is 11.3 Å². The molecule has 1 saturated heterocycles. The maximum absolute atomic E-state index is 11.0. The Labute approximate surface area is 145 Å². The van der Waals surface area contributed by atoms with Crippen LogP contribution in [0.25, 0.3) is 10.2 Å². The second kappa shape index (κ2) is 5.79. The van der Waals surface area contributed by atoms with Crippen LogP contribution in [-0.2, 0) is 5.60 Å². The zero-order chi connectivity index (χ0) is 16.7. The van der Waals surface area contributed by atoms with Gasteiger partial charge in [0.2, 0.25) is 0 Å².